The first kappa shape index (κ1) is 21.6. The summed E-state index contributed by atoms with van der Waals surface area (Å²) in [5, 5.41) is 0.724. The van der Waals surface area contributed by atoms with Gasteiger partial charge in [0.2, 0.25) is 0 Å². The number of urea groups is 1. The number of anilines is 1. The summed E-state index contributed by atoms with van der Waals surface area (Å²) in [6.07, 6.45) is 5.15. The summed E-state index contributed by atoms with van der Waals surface area (Å²) in [5.41, 5.74) is 8.16. The lowest BCUT2D eigenvalue weighted by atomic mass is 9.68. The van der Waals surface area contributed by atoms with Crippen LogP contribution in [0.5, 0.6) is 0 Å². The third kappa shape index (κ3) is 4.12. The van der Waals surface area contributed by atoms with E-state index in [-0.39, 0.29) is 23.2 Å². The normalized spacial score (nSPS) is 23.8. The van der Waals surface area contributed by atoms with Gasteiger partial charge < -0.3 is 15.4 Å². The van der Waals surface area contributed by atoms with E-state index >= 15 is 0 Å². The number of pyridine rings is 1. The quantitative estimate of drug-likeness (QED) is 0.714. The highest BCUT2D eigenvalue weighted by Crippen LogP contribution is 2.41. The van der Waals surface area contributed by atoms with Gasteiger partial charge in [-0.25, -0.2) is 14.6 Å². The van der Waals surface area contributed by atoms with Crippen LogP contribution in [0.3, 0.4) is 0 Å². The van der Waals surface area contributed by atoms with Crippen molar-refractivity contribution in [2.24, 2.45) is 5.73 Å². The number of nitrogens with zero attached hydrogens (tertiary/aromatic N) is 3. The number of hydrogen-bond acceptors (Lipinski definition) is 5. The number of nitrogens with two attached hydrogens (primary N) is 1. The zero-order valence-corrected chi connectivity index (χ0v) is 18.3. The summed E-state index contributed by atoms with van der Waals surface area (Å²) >= 11 is 6.22. The molecule has 1 aliphatic carbocycles. The number of methoxy groups -OCH3 is 1. The van der Waals surface area contributed by atoms with Crippen LogP contribution in [0.15, 0.2) is 42.6 Å². The van der Waals surface area contributed by atoms with Crippen LogP contribution in [0, 0.1) is 0 Å². The topological polar surface area (TPSA) is 88.8 Å². The maximum Gasteiger partial charge on any atom is 0.356 e. The number of carbonyl (C=O) groups excluding carboxylic acids is 2. The molecule has 0 spiro atoms. The van der Waals surface area contributed by atoms with E-state index in [2.05, 4.69) is 11.1 Å². The Labute approximate surface area is 187 Å². The number of hydrogen-bond donors (Lipinski definition) is 1. The van der Waals surface area contributed by atoms with Crippen molar-refractivity contribution in [3.63, 3.8) is 0 Å². The van der Waals surface area contributed by atoms with E-state index in [0.29, 0.717) is 25.3 Å². The summed E-state index contributed by atoms with van der Waals surface area (Å²) < 4.78 is 4.74. The summed E-state index contributed by atoms with van der Waals surface area (Å²) in [4.78, 5) is 32.6. The number of esters is 1. The van der Waals surface area contributed by atoms with Crippen molar-refractivity contribution in [1.29, 1.82) is 0 Å². The second-order valence-electron chi connectivity index (χ2n) is 8.24. The van der Waals surface area contributed by atoms with Gasteiger partial charge in [0.05, 0.1) is 7.11 Å². The maximum absolute atomic E-state index is 13.2. The Morgan fingerprint density at radius 2 is 2.03 bits per heavy atom. The fourth-order valence-electron chi connectivity index (χ4n) is 4.83. The fraction of sp³-hybridized carbons (Fsp3) is 0.435. The molecule has 1 aliphatic heterocycles. The van der Waals surface area contributed by atoms with Crippen molar-refractivity contribution >= 4 is 29.3 Å². The number of halogens is 1. The van der Waals surface area contributed by atoms with Crippen molar-refractivity contribution in [1.82, 2.24) is 9.88 Å². The molecule has 2 fully saturated rings. The van der Waals surface area contributed by atoms with Gasteiger partial charge in [-0.2, -0.15) is 0 Å². The second-order valence-corrected chi connectivity index (χ2v) is 8.68. The minimum absolute atomic E-state index is 0.0324. The Morgan fingerprint density at radius 1 is 1.26 bits per heavy atom. The highest BCUT2D eigenvalue weighted by Gasteiger charge is 2.41. The molecule has 31 heavy (non-hydrogen) atoms. The summed E-state index contributed by atoms with van der Waals surface area (Å²) in [5.74, 6) is -0.517. The SMILES string of the molecule is COC(=O)c1cc(N2CCN([C@H]3CC[C@](CN)(c4cccc(Cl)c4)CC3)C2=O)ccn1. The molecular formula is C23H27ClN4O3. The maximum atomic E-state index is 13.2. The van der Waals surface area contributed by atoms with Crippen LogP contribution in [-0.4, -0.2) is 54.7 Å². The molecule has 1 aromatic heterocycles. The molecule has 2 aromatic rings. The van der Waals surface area contributed by atoms with E-state index in [4.69, 9.17) is 22.1 Å². The zero-order valence-electron chi connectivity index (χ0n) is 17.6. The van der Waals surface area contributed by atoms with Crippen molar-refractivity contribution < 1.29 is 14.3 Å². The lowest BCUT2D eigenvalue weighted by Gasteiger charge is -2.42. The Kier molecular flexibility index (Phi) is 6.16. The van der Waals surface area contributed by atoms with Gasteiger partial charge in [0.15, 0.2) is 0 Å². The van der Waals surface area contributed by atoms with Gasteiger partial charge in [-0.05, 0) is 55.5 Å². The van der Waals surface area contributed by atoms with Crippen molar-refractivity contribution in [2.45, 2.75) is 37.1 Å². The van der Waals surface area contributed by atoms with Gasteiger partial charge in [-0.1, -0.05) is 23.7 Å². The zero-order chi connectivity index (χ0) is 22.0. The van der Waals surface area contributed by atoms with E-state index in [0.717, 1.165) is 30.7 Å². The fourth-order valence-corrected chi connectivity index (χ4v) is 5.02. The molecular weight excluding hydrogens is 416 g/mol. The number of amides is 2. The monoisotopic (exact) mass is 442 g/mol. The molecule has 8 heteroatoms. The lowest BCUT2D eigenvalue weighted by Crippen LogP contribution is -2.46. The average Bonchev–Trinajstić information content (AvgIpc) is 3.20. The first-order chi connectivity index (χ1) is 15.0. The molecule has 0 atom stereocenters. The Morgan fingerprint density at radius 3 is 2.71 bits per heavy atom. The minimum atomic E-state index is -0.517. The molecule has 2 heterocycles. The van der Waals surface area contributed by atoms with Gasteiger partial charge >= 0.3 is 12.0 Å². The highest BCUT2D eigenvalue weighted by molar-refractivity contribution is 6.30. The van der Waals surface area contributed by atoms with Crippen LogP contribution in [0.2, 0.25) is 5.02 Å². The van der Waals surface area contributed by atoms with E-state index in [1.54, 1.807) is 17.0 Å². The molecule has 2 amide bonds. The van der Waals surface area contributed by atoms with Gasteiger partial charge in [0, 0.05) is 48.0 Å². The van der Waals surface area contributed by atoms with Gasteiger partial charge in [-0.15, -0.1) is 0 Å². The molecule has 4 rings (SSSR count). The summed E-state index contributed by atoms with van der Waals surface area (Å²) in [6.45, 7) is 1.80. The third-order valence-electron chi connectivity index (χ3n) is 6.67. The summed E-state index contributed by atoms with van der Waals surface area (Å²) in [6, 6.07) is 11.5. The highest BCUT2D eigenvalue weighted by atomic mass is 35.5. The predicted molar refractivity (Wildman–Crippen MR) is 119 cm³/mol. The largest absolute Gasteiger partial charge is 0.464 e. The number of carbonyl (C=O) groups is 2. The van der Waals surface area contributed by atoms with Crippen LogP contribution in [0.4, 0.5) is 10.5 Å². The Bertz CT molecular complexity index is 975. The van der Waals surface area contributed by atoms with Crippen LogP contribution in [0.1, 0.15) is 41.7 Å². The Balaban J connectivity index is 1.45. The molecule has 1 aromatic carbocycles. The van der Waals surface area contributed by atoms with Crippen LogP contribution in [0.25, 0.3) is 0 Å². The molecule has 2 N–H and O–H groups in total. The van der Waals surface area contributed by atoms with Crippen LogP contribution < -0.4 is 10.6 Å². The minimum Gasteiger partial charge on any atom is -0.464 e. The van der Waals surface area contributed by atoms with Crippen LogP contribution in [-0.2, 0) is 10.2 Å². The van der Waals surface area contributed by atoms with E-state index in [9.17, 15) is 9.59 Å². The third-order valence-corrected chi connectivity index (χ3v) is 6.91. The van der Waals surface area contributed by atoms with Crippen molar-refractivity contribution in [2.75, 3.05) is 31.6 Å². The van der Waals surface area contributed by atoms with Crippen LogP contribution >= 0.6 is 11.6 Å². The molecule has 0 unspecified atom stereocenters. The second kappa shape index (κ2) is 8.85. The number of benzene rings is 1. The lowest BCUT2D eigenvalue weighted by molar-refractivity contribution is 0.0594. The summed E-state index contributed by atoms with van der Waals surface area (Å²) in [7, 11) is 1.31. The van der Waals surface area contributed by atoms with Gasteiger partial charge in [0.25, 0.3) is 0 Å². The predicted octanol–water partition coefficient (Wildman–Crippen LogP) is 3.60. The number of rotatable bonds is 5. The van der Waals surface area contributed by atoms with Gasteiger partial charge in [-0.3, -0.25) is 4.90 Å². The number of aromatic nitrogens is 1. The molecule has 1 saturated carbocycles. The smallest absolute Gasteiger partial charge is 0.356 e. The standard InChI is InChI=1S/C23H27ClN4O3/c1-31-21(29)20-14-19(7-10-26-20)28-12-11-27(22(28)30)18-5-8-23(15-25,9-6-18)16-3-2-4-17(24)13-16/h2-4,7,10,13-14,18H,5-6,8-9,11-12,15,25H2,1H3/t18-,23-. The van der Waals surface area contributed by atoms with Gasteiger partial charge in [0.1, 0.15) is 5.69 Å². The first-order valence-corrected chi connectivity index (χ1v) is 10.9. The van der Waals surface area contributed by atoms with E-state index in [1.807, 2.05) is 23.1 Å². The van der Waals surface area contributed by atoms with Crippen molar-refractivity contribution in [3.05, 3.63) is 58.9 Å². The molecule has 0 radical (unpaired) electrons. The molecule has 7 nitrogen and oxygen atoms in total. The van der Waals surface area contributed by atoms with E-state index in [1.165, 1.54) is 18.9 Å². The van der Waals surface area contributed by atoms with Crippen molar-refractivity contribution in [3.8, 4) is 0 Å². The number of ether oxygens (including phenoxy) is 1. The van der Waals surface area contributed by atoms with E-state index < -0.39 is 5.97 Å². The molecule has 0 bridgehead atoms. The average molecular weight is 443 g/mol. The molecule has 2 aliphatic rings. The first-order valence-electron chi connectivity index (χ1n) is 10.6. The Hall–Kier alpha value is -2.64. The molecule has 1 saturated heterocycles. The molecule has 164 valence electrons.